The number of rotatable bonds is 6. The van der Waals surface area contributed by atoms with Gasteiger partial charge in [-0.3, -0.25) is 8.97 Å². The Kier molecular flexibility index (Phi) is 7.53. The molecule has 4 aromatic heterocycles. The van der Waals surface area contributed by atoms with Crippen LogP contribution < -0.4 is 0 Å². The first-order chi connectivity index (χ1) is 29.2. The molecule has 0 fully saturated rings. The summed E-state index contributed by atoms with van der Waals surface area (Å²) in [6, 6.07) is 63.6. The molecule has 0 saturated heterocycles. The van der Waals surface area contributed by atoms with Gasteiger partial charge in [-0.05, 0) is 66.2 Å². The molecule has 0 aliphatic heterocycles. The minimum atomic E-state index is 0.192. The van der Waals surface area contributed by atoms with Crippen LogP contribution >= 0.6 is 0 Å². The molecule has 4 heterocycles. The Bertz CT molecular complexity index is 3350. The number of para-hydroxylation sites is 4. The summed E-state index contributed by atoms with van der Waals surface area (Å²) < 4.78 is 7.00. The van der Waals surface area contributed by atoms with E-state index in [0.29, 0.717) is 17.5 Å². The van der Waals surface area contributed by atoms with Crippen LogP contribution in [0.4, 0.5) is 0 Å². The van der Waals surface area contributed by atoms with E-state index >= 15 is 0 Å². The van der Waals surface area contributed by atoms with Crippen molar-refractivity contribution < 1.29 is 0 Å². The van der Waals surface area contributed by atoms with Crippen molar-refractivity contribution in [1.29, 1.82) is 0 Å². The van der Waals surface area contributed by atoms with Crippen LogP contribution in [-0.2, 0) is 6.42 Å². The molecule has 0 amide bonds. The second-order valence-electron chi connectivity index (χ2n) is 15.1. The number of fused-ring (bicyclic) bond motifs is 8. The highest BCUT2D eigenvalue weighted by Crippen LogP contribution is 2.39. The zero-order valence-corrected chi connectivity index (χ0v) is 31.9. The van der Waals surface area contributed by atoms with Crippen LogP contribution in [0.3, 0.4) is 0 Å². The molecule has 7 aromatic carbocycles. The maximum absolute atomic E-state index is 5.22. The summed E-state index contributed by atoms with van der Waals surface area (Å²) in [5.74, 6) is 3.06. The van der Waals surface area contributed by atoms with Gasteiger partial charge in [-0.2, -0.15) is 0 Å². The van der Waals surface area contributed by atoms with Crippen LogP contribution in [0.5, 0.6) is 0 Å². The lowest BCUT2D eigenvalue weighted by atomic mass is 9.89. The molecule has 1 atom stereocenters. The van der Waals surface area contributed by atoms with Crippen LogP contribution in [0.1, 0.15) is 22.9 Å². The van der Waals surface area contributed by atoms with Gasteiger partial charge in [0, 0.05) is 51.2 Å². The van der Waals surface area contributed by atoms with Crippen molar-refractivity contribution in [3.8, 4) is 45.5 Å². The Morgan fingerprint density at radius 2 is 1.00 bits per heavy atom. The summed E-state index contributed by atoms with van der Waals surface area (Å²) in [7, 11) is 0. The maximum Gasteiger partial charge on any atom is 0.220 e. The fourth-order valence-corrected chi connectivity index (χ4v) is 8.91. The van der Waals surface area contributed by atoms with Crippen molar-refractivity contribution in [2.45, 2.75) is 12.3 Å². The van der Waals surface area contributed by atoms with Crippen molar-refractivity contribution >= 4 is 44.7 Å². The van der Waals surface area contributed by atoms with E-state index in [-0.39, 0.29) is 5.92 Å². The van der Waals surface area contributed by atoms with E-state index in [0.717, 1.165) is 62.5 Å². The van der Waals surface area contributed by atoms with Crippen LogP contribution in [0.2, 0.25) is 0 Å². The molecule has 1 unspecified atom stereocenters. The molecule has 0 saturated carbocycles. The van der Waals surface area contributed by atoms with Crippen molar-refractivity contribution in [2.75, 3.05) is 0 Å². The Morgan fingerprint density at radius 1 is 0.424 bits per heavy atom. The number of nitrogens with zero attached hydrogens (tertiary/aromatic N) is 7. The number of imidazole rings is 2. The Labute approximate surface area is 339 Å². The van der Waals surface area contributed by atoms with Gasteiger partial charge in [-0.25, -0.2) is 19.9 Å². The van der Waals surface area contributed by atoms with E-state index in [4.69, 9.17) is 19.9 Å². The molecule has 0 radical (unpaired) electrons. The van der Waals surface area contributed by atoms with E-state index in [9.17, 15) is 0 Å². The first-order valence-corrected chi connectivity index (χ1v) is 20.0. The zero-order valence-electron chi connectivity index (χ0n) is 31.9. The third-order valence-electron chi connectivity index (χ3n) is 11.7. The lowest BCUT2D eigenvalue weighted by Gasteiger charge is -2.18. The molecule has 1 aliphatic carbocycles. The van der Waals surface area contributed by atoms with Gasteiger partial charge in [0.2, 0.25) is 5.78 Å². The van der Waals surface area contributed by atoms with Crippen LogP contribution in [0.25, 0.3) is 90.2 Å². The monoisotopic (exact) mass is 757 g/mol. The van der Waals surface area contributed by atoms with Gasteiger partial charge in [0.1, 0.15) is 0 Å². The zero-order chi connectivity index (χ0) is 38.9. The van der Waals surface area contributed by atoms with Crippen molar-refractivity contribution in [2.24, 2.45) is 0 Å². The molecule has 11 aromatic rings. The lowest BCUT2D eigenvalue weighted by molar-refractivity contribution is 0.797. The van der Waals surface area contributed by atoms with Crippen molar-refractivity contribution in [3.05, 3.63) is 205 Å². The normalized spacial score (nSPS) is 13.8. The third-order valence-corrected chi connectivity index (χ3v) is 11.7. The molecule has 0 spiro atoms. The summed E-state index contributed by atoms with van der Waals surface area (Å²) in [6.45, 7) is 0. The highest BCUT2D eigenvalue weighted by atomic mass is 15.2. The standard InChI is InChI=1S/C52H35N7/c1-4-15-34(16-5-1)49-54-50(35-17-6-2-7-18-35)56-51(55-49)38-19-14-22-40(31-38)57-44-24-11-10-23-41(44)42-32-36(28-30-45(42)57)37-27-29-43-48(33-37)59-47-26-13-12-25-46(47)58(52(59)53-43)39-20-8-3-9-21-39/h1-32,37H,33H2. The summed E-state index contributed by atoms with van der Waals surface area (Å²) in [6.07, 6.45) is 5.40. The molecule has 12 rings (SSSR count). The predicted octanol–water partition coefficient (Wildman–Crippen LogP) is 11.9. The number of hydrogen-bond acceptors (Lipinski definition) is 4. The molecule has 59 heavy (non-hydrogen) atoms. The molecule has 0 bridgehead atoms. The predicted molar refractivity (Wildman–Crippen MR) is 238 cm³/mol. The van der Waals surface area contributed by atoms with Gasteiger partial charge in [0.05, 0.1) is 33.5 Å². The third kappa shape index (κ3) is 5.43. The maximum atomic E-state index is 5.22. The molecule has 1 aliphatic rings. The first kappa shape index (κ1) is 33.3. The van der Waals surface area contributed by atoms with Crippen LogP contribution in [0, 0.1) is 0 Å². The minimum Gasteiger partial charge on any atom is -0.309 e. The Hall–Kier alpha value is -7.90. The van der Waals surface area contributed by atoms with E-state index in [1.807, 2.05) is 60.7 Å². The number of allylic oxidation sites excluding steroid dienone is 1. The topological polar surface area (TPSA) is 65.8 Å². The highest BCUT2D eigenvalue weighted by molar-refractivity contribution is 6.09. The Morgan fingerprint density at radius 3 is 1.73 bits per heavy atom. The quantitative estimate of drug-likeness (QED) is 0.169. The van der Waals surface area contributed by atoms with Crippen molar-refractivity contribution in [1.82, 2.24) is 33.5 Å². The molecule has 0 N–H and O–H groups in total. The van der Waals surface area contributed by atoms with Gasteiger partial charge in [-0.15, -0.1) is 0 Å². The second-order valence-corrected chi connectivity index (χ2v) is 15.1. The average Bonchev–Trinajstić information content (AvgIpc) is 3.96. The molecular weight excluding hydrogens is 723 g/mol. The average molecular weight is 758 g/mol. The van der Waals surface area contributed by atoms with Gasteiger partial charge in [0.25, 0.3) is 0 Å². The van der Waals surface area contributed by atoms with E-state index in [1.165, 1.54) is 27.5 Å². The summed E-state index contributed by atoms with van der Waals surface area (Å²) in [4.78, 5) is 20.2. The summed E-state index contributed by atoms with van der Waals surface area (Å²) in [5.41, 5.74) is 13.1. The number of aromatic nitrogens is 7. The van der Waals surface area contributed by atoms with Gasteiger partial charge >= 0.3 is 0 Å². The van der Waals surface area contributed by atoms with Gasteiger partial charge in [0.15, 0.2) is 17.5 Å². The summed E-state index contributed by atoms with van der Waals surface area (Å²) in [5, 5.41) is 2.44. The fraction of sp³-hybridized carbons (Fsp3) is 0.0385. The SMILES string of the molecule is C1=CC(c2ccc3c(c2)c2ccccc2n3-c2cccc(-c3nc(-c4ccccc4)nc(-c4ccccc4)n3)c2)Cc2c1nc1n(-c3ccccc3)c3ccccc3n21. The Balaban J connectivity index is 0.954. The minimum absolute atomic E-state index is 0.192. The highest BCUT2D eigenvalue weighted by Gasteiger charge is 2.26. The van der Waals surface area contributed by atoms with E-state index in [2.05, 4.69) is 147 Å². The van der Waals surface area contributed by atoms with Gasteiger partial charge < -0.3 is 4.57 Å². The van der Waals surface area contributed by atoms with Crippen LogP contribution in [-0.4, -0.2) is 33.5 Å². The second kappa shape index (κ2) is 13.4. The summed E-state index contributed by atoms with van der Waals surface area (Å²) >= 11 is 0. The van der Waals surface area contributed by atoms with E-state index in [1.54, 1.807) is 0 Å². The van der Waals surface area contributed by atoms with Crippen molar-refractivity contribution in [3.63, 3.8) is 0 Å². The molecule has 278 valence electrons. The molecular formula is C52H35N7. The van der Waals surface area contributed by atoms with Crippen LogP contribution in [0.15, 0.2) is 188 Å². The largest absolute Gasteiger partial charge is 0.309 e. The number of benzene rings is 7. The molecule has 7 nitrogen and oxygen atoms in total. The molecule has 7 heteroatoms. The number of hydrogen-bond donors (Lipinski definition) is 0. The lowest BCUT2D eigenvalue weighted by Crippen LogP contribution is -2.07. The van der Waals surface area contributed by atoms with E-state index < -0.39 is 0 Å². The first-order valence-electron chi connectivity index (χ1n) is 20.0. The smallest absolute Gasteiger partial charge is 0.220 e. The fourth-order valence-electron chi connectivity index (χ4n) is 8.91. The van der Waals surface area contributed by atoms with Gasteiger partial charge in [-0.1, -0.05) is 133 Å².